The van der Waals surface area contributed by atoms with E-state index in [1.807, 2.05) is 6.92 Å². The summed E-state index contributed by atoms with van der Waals surface area (Å²) in [5.41, 5.74) is 0. The number of alkyl halides is 1. The fourth-order valence-electron chi connectivity index (χ4n) is 2.46. The smallest absolute Gasteiger partial charge is 0.160 e. The summed E-state index contributed by atoms with van der Waals surface area (Å²) in [4.78, 5) is 0. The molecule has 1 saturated carbocycles. The van der Waals surface area contributed by atoms with Gasteiger partial charge < -0.3 is 14.2 Å². The fourth-order valence-corrected chi connectivity index (χ4v) is 2.71. The lowest BCUT2D eigenvalue weighted by Crippen LogP contribution is -2.42. The van der Waals surface area contributed by atoms with E-state index in [4.69, 9.17) is 25.8 Å². The molecule has 1 aliphatic carbocycles. The largest absolute Gasteiger partial charge is 0.374 e. The Hall–Kier alpha value is 0.170. The van der Waals surface area contributed by atoms with Crippen molar-refractivity contribution >= 4 is 11.6 Å². The van der Waals surface area contributed by atoms with E-state index in [2.05, 4.69) is 0 Å². The van der Waals surface area contributed by atoms with Crippen LogP contribution in [-0.4, -0.2) is 37.6 Å². The summed E-state index contributed by atoms with van der Waals surface area (Å²) >= 11 is 6.08. The third-order valence-corrected chi connectivity index (χ3v) is 3.82. The lowest BCUT2D eigenvalue weighted by atomic mass is 9.88. The Kier molecular flexibility index (Phi) is 4.89. The summed E-state index contributed by atoms with van der Waals surface area (Å²) < 4.78 is 16.9. The molecule has 1 saturated heterocycles. The summed E-state index contributed by atoms with van der Waals surface area (Å²) in [5.74, 6) is 0.526. The van der Waals surface area contributed by atoms with Crippen molar-refractivity contribution in [3.05, 3.63) is 0 Å². The summed E-state index contributed by atoms with van der Waals surface area (Å²) in [5, 5.41) is 0.357. The van der Waals surface area contributed by atoms with Gasteiger partial charge in [-0.2, -0.15) is 0 Å². The van der Waals surface area contributed by atoms with Crippen molar-refractivity contribution in [3.8, 4) is 0 Å². The maximum Gasteiger partial charge on any atom is 0.160 e. The first-order valence-corrected chi connectivity index (χ1v) is 6.72. The van der Waals surface area contributed by atoms with Crippen molar-refractivity contribution in [1.82, 2.24) is 0 Å². The van der Waals surface area contributed by atoms with Crippen molar-refractivity contribution in [2.45, 2.75) is 50.4 Å². The normalized spacial score (nSPS) is 40.9. The van der Waals surface area contributed by atoms with Gasteiger partial charge in [0.2, 0.25) is 0 Å². The van der Waals surface area contributed by atoms with Gasteiger partial charge in [0.1, 0.15) is 6.10 Å². The molecule has 16 heavy (non-hydrogen) atoms. The highest BCUT2D eigenvalue weighted by Crippen LogP contribution is 2.32. The monoisotopic (exact) mass is 248 g/mol. The Morgan fingerprint density at radius 1 is 1.12 bits per heavy atom. The Morgan fingerprint density at radius 2 is 1.75 bits per heavy atom. The van der Waals surface area contributed by atoms with Gasteiger partial charge in [-0.25, -0.2) is 0 Å². The Bertz CT molecular complexity index is 196. The zero-order chi connectivity index (χ0) is 11.4. The second-order valence-electron chi connectivity index (χ2n) is 4.62. The SMILES string of the molecule is CCOC1COC(C2CCC(Cl)CC2)OC1. The van der Waals surface area contributed by atoms with Gasteiger partial charge in [-0.05, 0) is 32.6 Å². The minimum atomic E-state index is -0.0270. The van der Waals surface area contributed by atoms with Gasteiger partial charge in [0.25, 0.3) is 0 Å². The molecule has 2 aliphatic rings. The van der Waals surface area contributed by atoms with Crippen LogP contribution >= 0.6 is 11.6 Å². The van der Waals surface area contributed by atoms with Crippen LogP contribution in [0.2, 0.25) is 0 Å². The van der Waals surface area contributed by atoms with Crippen LogP contribution in [0.3, 0.4) is 0 Å². The Morgan fingerprint density at radius 3 is 2.31 bits per heavy atom. The molecule has 0 N–H and O–H groups in total. The molecule has 0 aromatic rings. The second kappa shape index (κ2) is 6.20. The second-order valence-corrected chi connectivity index (χ2v) is 5.24. The Balaban J connectivity index is 1.72. The van der Waals surface area contributed by atoms with Crippen LogP contribution in [0.1, 0.15) is 32.6 Å². The lowest BCUT2D eigenvalue weighted by Gasteiger charge is -2.36. The number of hydrogen-bond acceptors (Lipinski definition) is 3. The molecule has 0 radical (unpaired) electrons. The highest BCUT2D eigenvalue weighted by Gasteiger charge is 2.32. The average Bonchev–Trinajstić information content (AvgIpc) is 2.32. The van der Waals surface area contributed by atoms with Crippen LogP contribution < -0.4 is 0 Å². The van der Waals surface area contributed by atoms with E-state index < -0.39 is 0 Å². The summed E-state index contributed by atoms with van der Waals surface area (Å²) in [6.07, 6.45) is 4.51. The van der Waals surface area contributed by atoms with Crippen LogP contribution in [0.5, 0.6) is 0 Å². The molecule has 94 valence electrons. The molecule has 3 nitrogen and oxygen atoms in total. The van der Waals surface area contributed by atoms with Gasteiger partial charge >= 0.3 is 0 Å². The first-order chi connectivity index (χ1) is 7.79. The van der Waals surface area contributed by atoms with Gasteiger partial charge in [-0.1, -0.05) is 0 Å². The number of halogens is 1. The average molecular weight is 249 g/mol. The molecule has 4 heteroatoms. The molecule has 0 aromatic carbocycles. The molecular weight excluding hydrogens is 228 g/mol. The standard InChI is InChI=1S/C12H21ClO3/c1-2-14-11-7-15-12(16-8-11)9-3-5-10(13)6-4-9/h9-12H,2-8H2,1H3. The van der Waals surface area contributed by atoms with Crippen LogP contribution in [0, 0.1) is 5.92 Å². The van der Waals surface area contributed by atoms with E-state index >= 15 is 0 Å². The molecule has 0 spiro atoms. The number of rotatable bonds is 3. The summed E-state index contributed by atoms with van der Waals surface area (Å²) in [6, 6.07) is 0. The third kappa shape index (κ3) is 3.33. The van der Waals surface area contributed by atoms with Gasteiger partial charge in [-0.15, -0.1) is 11.6 Å². The predicted molar refractivity (Wildman–Crippen MR) is 62.7 cm³/mol. The zero-order valence-electron chi connectivity index (χ0n) is 9.86. The van der Waals surface area contributed by atoms with Crippen molar-refractivity contribution in [2.24, 2.45) is 5.92 Å². The third-order valence-electron chi connectivity index (χ3n) is 3.38. The van der Waals surface area contributed by atoms with E-state index in [1.54, 1.807) is 0 Å². The summed E-state index contributed by atoms with van der Waals surface area (Å²) in [7, 11) is 0. The molecule has 1 heterocycles. The van der Waals surface area contributed by atoms with E-state index in [0.29, 0.717) is 24.5 Å². The molecule has 2 rings (SSSR count). The fraction of sp³-hybridized carbons (Fsp3) is 1.00. The minimum Gasteiger partial charge on any atom is -0.374 e. The molecule has 0 bridgehead atoms. The maximum absolute atomic E-state index is 6.08. The van der Waals surface area contributed by atoms with E-state index in [-0.39, 0.29) is 12.4 Å². The van der Waals surface area contributed by atoms with Gasteiger partial charge in [0, 0.05) is 17.9 Å². The van der Waals surface area contributed by atoms with Gasteiger partial charge in [-0.3, -0.25) is 0 Å². The first kappa shape index (κ1) is 12.6. The van der Waals surface area contributed by atoms with Crippen LogP contribution in [0.15, 0.2) is 0 Å². The highest BCUT2D eigenvalue weighted by atomic mass is 35.5. The van der Waals surface area contributed by atoms with Gasteiger partial charge in [0.15, 0.2) is 6.29 Å². The molecular formula is C12H21ClO3. The highest BCUT2D eigenvalue weighted by molar-refractivity contribution is 6.20. The molecule has 0 aromatic heterocycles. The zero-order valence-corrected chi connectivity index (χ0v) is 10.6. The topological polar surface area (TPSA) is 27.7 Å². The minimum absolute atomic E-state index is 0.0270. The molecule has 0 atom stereocenters. The van der Waals surface area contributed by atoms with Crippen molar-refractivity contribution in [3.63, 3.8) is 0 Å². The Labute approximate surface area is 102 Å². The van der Waals surface area contributed by atoms with Crippen LogP contribution in [0.25, 0.3) is 0 Å². The van der Waals surface area contributed by atoms with Crippen molar-refractivity contribution in [1.29, 1.82) is 0 Å². The molecule has 2 fully saturated rings. The first-order valence-electron chi connectivity index (χ1n) is 6.28. The summed E-state index contributed by atoms with van der Waals surface area (Å²) in [6.45, 7) is 4.05. The molecule has 0 amide bonds. The van der Waals surface area contributed by atoms with Crippen LogP contribution in [0.4, 0.5) is 0 Å². The maximum atomic E-state index is 6.08. The van der Waals surface area contributed by atoms with E-state index in [1.165, 1.54) is 0 Å². The van der Waals surface area contributed by atoms with E-state index in [0.717, 1.165) is 32.3 Å². The lowest BCUT2D eigenvalue weighted by molar-refractivity contribution is -0.248. The predicted octanol–water partition coefficient (Wildman–Crippen LogP) is 2.56. The van der Waals surface area contributed by atoms with Crippen LogP contribution in [-0.2, 0) is 14.2 Å². The van der Waals surface area contributed by atoms with E-state index in [9.17, 15) is 0 Å². The number of hydrogen-bond donors (Lipinski definition) is 0. The molecule has 0 unspecified atom stereocenters. The number of ether oxygens (including phenoxy) is 3. The van der Waals surface area contributed by atoms with Crippen molar-refractivity contribution < 1.29 is 14.2 Å². The molecule has 1 aliphatic heterocycles. The quantitative estimate of drug-likeness (QED) is 0.719. The van der Waals surface area contributed by atoms with Gasteiger partial charge in [0.05, 0.1) is 13.2 Å². The van der Waals surface area contributed by atoms with Crippen molar-refractivity contribution in [2.75, 3.05) is 19.8 Å².